The first-order chi connectivity index (χ1) is 11.9. The molecule has 0 saturated heterocycles. The molecule has 1 fully saturated rings. The van der Waals surface area contributed by atoms with E-state index in [2.05, 4.69) is 12.1 Å². The molecule has 1 spiro atoms. The lowest BCUT2D eigenvalue weighted by molar-refractivity contribution is -0.0114. The van der Waals surface area contributed by atoms with Crippen molar-refractivity contribution in [3.8, 4) is 16.9 Å². The summed E-state index contributed by atoms with van der Waals surface area (Å²) >= 11 is 0. The van der Waals surface area contributed by atoms with Gasteiger partial charge in [-0.1, -0.05) is 24.3 Å². The van der Waals surface area contributed by atoms with Gasteiger partial charge in [-0.15, -0.1) is 0 Å². The molecule has 2 aromatic carbocycles. The minimum atomic E-state index is -0.619. The van der Waals surface area contributed by atoms with Crippen molar-refractivity contribution in [1.82, 2.24) is 0 Å². The fraction of sp³-hybridized carbons (Fsp3) is 0.409. The van der Waals surface area contributed by atoms with Crippen LogP contribution in [-0.4, -0.2) is 23.6 Å². The number of fused-ring (bicyclic) bond motifs is 1. The highest BCUT2D eigenvalue weighted by Crippen LogP contribution is 2.50. The molecule has 0 aliphatic heterocycles. The minimum absolute atomic E-state index is 0.266. The highest BCUT2D eigenvalue weighted by Gasteiger charge is 2.49. The Balaban J connectivity index is 1.67. The standard InChI is InChI=1S/C22H24O3/c1-21(24)8-10-22(11-9-21)14-17-7-6-16(13-19(17)20(22)23)15-4-3-5-18(12-15)25-2/h3-7,12-13,24H,8-11,14H2,1-2H3/t21-,22-. The van der Waals surface area contributed by atoms with Crippen molar-refractivity contribution in [3.05, 3.63) is 53.6 Å². The Morgan fingerprint density at radius 2 is 1.72 bits per heavy atom. The number of carbonyl (C=O) groups excluding carboxylic acids is 1. The lowest BCUT2D eigenvalue weighted by atomic mass is 9.67. The van der Waals surface area contributed by atoms with Crippen LogP contribution in [0.2, 0.25) is 0 Å². The van der Waals surface area contributed by atoms with E-state index in [0.29, 0.717) is 12.8 Å². The number of Topliss-reactive ketones (excluding diaryl/α,β-unsaturated/α-hetero) is 1. The quantitative estimate of drug-likeness (QED) is 0.883. The van der Waals surface area contributed by atoms with Gasteiger partial charge in [0.05, 0.1) is 12.7 Å². The third kappa shape index (κ3) is 2.77. The molecule has 2 aromatic rings. The van der Waals surface area contributed by atoms with Crippen molar-refractivity contribution in [2.45, 2.75) is 44.6 Å². The molecule has 25 heavy (non-hydrogen) atoms. The third-order valence-electron chi connectivity index (χ3n) is 6.05. The van der Waals surface area contributed by atoms with E-state index < -0.39 is 5.60 Å². The molecule has 130 valence electrons. The average molecular weight is 336 g/mol. The number of rotatable bonds is 2. The Morgan fingerprint density at radius 1 is 1.00 bits per heavy atom. The van der Waals surface area contributed by atoms with E-state index in [0.717, 1.165) is 47.3 Å². The molecule has 3 heteroatoms. The smallest absolute Gasteiger partial charge is 0.169 e. The van der Waals surface area contributed by atoms with Gasteiger partial charge in [-0.3, -0.25) is 4.79 Å². The molecule has 4 rings (SSSR count). The zero-order chi connectivity index (χ0) is 17.7. The van der Waals surface area contributed by atoms with Gasteiger partial charge in [0.1, 0.15) is 5.75 Å². The van der Waals surface area contributed by atoms with E-state index >= 15 is 0 Å². The minimum Gasteiger partial charge on any atom is -0.497 e. The van der Waals surface area contributed by atoms with Crippen LogP contribution in [0.3, 0.4) is 0 Å². The largest absolute Gasteiger partial charge is 0.497 e. The van der Waals surface area contributed by atoms with Crippen LogP contribution in [0.15, 0.2) is 42.5 Å². The van der Waals surface area contributed by atoms with Gasteiger partial charge < -0.3 is 9.84 Å². The van der Waals surface area contributed by atoms with Crippen LogP contribution in [-0.2, 0) is 6.42 Å². The first-order valence-electron chi connectivity index (χ1n) is 8.97. The zero-order valence-corrected chi connectivity index (χ0v) is 14.8. The van der Waals surface area contributed by atoms with Crippen LogP contribution >= 0.6 is 0 Å². The van der Waals surface area contributed by atoms with Gasteiger partial charge >= 0.3 is 0 Å². The normalized spacial score (nSPS) is 28.2. The van der Waals surface area contributed by atoms with E-state index in [4.69, 9.17) is 4.74 Å². The fourth-order valence-corrected chi connectivity index (χ4v) is 4.33. The summed E-state index contributed by atoms with van der Waals surface area (Å²) in [4.78, 5) is 13.2. The Labute approximate surface area is 148 Å². The predicted molar refractivity (Wildman–Crippen MR) is 98.0 cm³/mol. The maximum absolute atomic E-state index is 13.2. The maximum atomic E-state index is 13.2. The van der Waals surface area contributed by atoms with Crippen LogP contribution in [0.1, 0.15) is 48.5 Å². The molecule has 1 N–H and O–H groups in total. The van der Waals surface area contributed by atoms with E-state index in [1.54, 1.807) is 7.11 Å². The van der Waals surface area contributed by atoms with Crippen molar-refractivity contribution < 1.29 is 14.6 Å². The van der Waals surface area contributed by atoms with Gasteiger partial charge in [-0.2, -0.15) is 0 Å². The molecule has 0 amide bonds. The van der Waals surface area contributed by atoms with Crippen LogP contribution in [0.4, 0.5) is 0 Å². The van der Waals surface area contributed by atoms with E-state index in [9.17, 15) is 9.90 Å². The van der Waals surface area contributed by atoms with Crippen LogP contribution in [0.5, 0.6) is 5.75 Å². The summed E-state index contributed by atoms with van der Waals surface area (Å²) in [7, 11) is 1.66. The molecule has 2 aliphatic rings. The van der Waals surface area contributed by atoms with Gasteiger partial charge in [0.15, 0.2) is 5.78 Å². The molecule has 0 atom stereocenters. The fourth-order valence-electron chi connectivity index (χ4n) is 4.33. The second-order valence-corrected chi connectivity index (χ2v) is 7.89. The number of methoxy groups -OCH3 is 1. The summed E-state index contributed by atoms with van der Waals surface area (Å²) in [6.07, 6.45) is 3.78. The van der Waals surface area contributed by atoms with Crippen molar-refractivity contribution in [2.75, 3.05) is 7.11 Å². The lowest BCUT2D eigenvalue weighted by Crippen LogP contribution is -2.40. The van der Waals surface area contributed by atoms with Crippen LogP contribution in [0, 0.1) is 5.41 Å². The number of hydrogen-bond acceptors (Lipinski definition) is 3. The van der Waals surface area contributed by atoms with Gasteiger partial charge in [0, 0.05) is 11.0 Å². The second-order valence-electron chi connectivity index (χ2n) is 7.89. The first kappa shape index (κ1) is 16.3. The molecular weight excluding hydrogens is 312 g/mol. The van der Waals surface area contributed by atoms with Crippen LogP contribution < -0.4 is 4.74 Å². The van der Waals surface area contributed by atoms with Crippen molar-refractivity contribution in [3.63, 3.8) is 0 Å². The Morgan fingerprint density at radius 3 is 2.44 bits per heavy atom. The van der Waals surface area contributed by atoms with Crippen molar-refractivity contribution >= 4 is 5.78 Å². The molecule has 0 aromatic heterocycles. The summed E-state index contributed by atoms with van der Waals surface area (Å²) < 4.78 is 5.31. The molecular formula is C22H24O3. The molecule has 2 aliphatic carbocycles. The molecule has 1 saturated carbocycles. The first-order valence-corrected chi connectivity index (χ1v) is 8.97. The highest BCUT2D eigenvalue weighted by atomic mass is 16.5. The summed E-state index contributed by atoms with van der Waals surface area (Å²) in [6, 6.07) is 14.2. The lowest BCUT2D eigenvalue weighted by Gasteiger charge is -2.39. The van der Waals surface area contributed by atoms with Gasteiger partial charge in [-0.05, 0) is 73.9 Å². The Kier molecular flexibility index (Phi) is 3.73. The summed E-state index contributed by atoms with van der Waals surface area (Å²) in [5.74, 6) is 1.08. The molecule has 0 radical (unpaired) electrons. The van der Waals surface area contributed by atoms with Gasteiger partial charge in [0.25, 0.3) is 0 Å². The second kappa shape index (κ2) is 5.70. The van der Waals surface area contributed by atoms with Gasteiger partial charge in [-0.25, -0.2) is 0 Å². The highest BCUT2D eigenvalue weighted by molar-refractivity contribution is 6.05. The monoisotopic (exact) mass is 336 g/mol. The predicted octanol–water partition coefficient (Wildman–Crippen LogP) is 4.41. The SMILES string of the molecule is COc1cccc(-c2ccc3c(c2)C(=O)[C@]2(CC[C@](C)(O)CC2)C3)c1. The summed E-state index contributed by atoms with van der Waals surface area (Å²) in [6.45, 7) is 1.88. The van der Waals surface area contributed by atoms with E-state index in [1.807, 2.05) is 37.3 Å². The zero-order valence-electron chi connectivity index (χ0n) is 14.8. The average Bonchev–Trinajstić information content (AvgIpc) is 2.90. The van der Waals surface area contributed by atoms with E-state index in [-0.39, 0.29) is 11.2 Å². The Bertz CT molecular complexity index is 825. The van der Waals surface area contributed by atoms with Crippen molar-refractivity contribution in [2.24, 2.45) is 5.41 Å². The number of aliphatic hydroxyl groups is 1. The van der Waals surface area contributed by atoms with Crippen LogP contribution in [0.25, 0.3) is 11.1 Å². The molecule has 0 unspecified atom stereocenters. The van der Waals surface area contributed by atoms with Crippen molar-refractivity contribution in [1.29, 1.82) is 0 Å². The number of benzene rings is 2. The maximum Gasteiger partial charge on any atom is 0.169 e. The topological polar surface area (TPSA) is 46.5 Å². The molecule has 3 nitrogen and oxygen atoms in total. The number of ether oxygens (including phenoxy) is 1. The number of hydrogen-bond donors (Lipinski definition) is 1. The third-order valence-corrected chi connectivity index (χ3v) is 6.05. The molecule has 0 heterocycles. The number of ketones is 1. The van der Waals surface area contributed by atoms with E-state index in [1.165, 1.54) is 0 Å². The Hall–Kier alpha value is -2.13. The molecule has 0 bridgehead atoms. The number of carbonyl (C=O) groups is 1. The summed E-state index contributed by atoms with van der Waals surface area (Å²) in [5.41, 5.74) is 3.21. The summed E-state index contributed by atoms with van der Waals surface area (Å²) in [5, 5.41) is 10.2. The van der Waals surface area contributed by atoms with Gasteiger partial charge in [0.2, 0.25) is 0 Å².